The molecule has 5 heteroatoms. The van der Waals surface area contributed by atoms with Crippen LogP contribution in [0.2, 0.25) is 0 Å². The van der Waals surface area contributed by atoms with E-state index in [1.165, 1.54) is 32.0 Å². The fourth-order valence-electron chi connectivity index (χ4n) is 6.52. The Labute approximate surface area is 273 Å². The van der Waals surface area contributed by atoms with Crippen molar-refractivity contribution in [1.29, 1.82) is 0 Å². The number of fused-ring (bicyclic) bond motifs is 3. The van der Waals surface area contributed by atoms with Gasteiger partial charge in [0, 0.05) is 9.79 Å². The lowest BCUT2D eigenvalue weighted by Crippen LogP contribution is -2.28. The molecule has 0 amide bonds. The maximum Gasteiger partial charge on any atom is 0.119 e. The average Bonchev–Trinajstić information content (AvgIpc) is 3.41. The monoisotopic (exact) mass is 622 g/mol. The van der Waals surface area contributed by atoms with E-state index in [2.05, 4.69) is 115 Å². The first-order valence-electron chi connectivity index (χ1n) is 15.5. The smallest absolute Gasteiger partial charge is 0.119 e. The molecular weight excluding hydrogens is 589 g/mol. The quantitative estimate of drug-likeness (QED) is 0.151. The zero-order valence-electron chi connectivity index (χ0n) is 25.3. The molecule has 0 saturated carbocycles. The van der Waals surface area contributed by atoms with Gasteiger partial charge in [0.15, 0.2) is 0 Å². The zero-order chi connectivity index (χ0) is 31.3. The maximum atomic E-state index is 9.29. The van der Waals surface area contributed by atoms with Gasteiger partial charge in [-0.2, -0.15) is 0 Å². The highest BCUT2D eigenvalue weighted by molar-refractivity contribution is 7.99. The summed E-state index contributed by atoms with van der Waals surface area (Å²) in [5, 5.41) is 18.6. The van der Waals surface area contributed by atoms with Gasteiger partial charge in [0.1, 0.15) is 24.7 Å². The first-order valence-corrected chi connectivity index (χ1v) is 16.3. The van der Waals surface area contributed by atoms with Crippen molar-refractivity contribution in [2.45, 2.75) is 15.2 Å². The number of aliphatic hydroxyl groups excluding tert-OH is 2. The Hall–Kier alpha value is -4.81. The summed E-state index contributed by atoms with van der Waals surface area (Å²) in [7, 11) is 0. The number of ether oxygens (including phenoxy) is 2. The van der Waals surface area contributed by atoms with Crippen LogP contribution in [0.5, 0.6) is 11.5 Å². The van der Waals surface area contributed by atoms with Crippen molar-refractivity contribution in [3.8, 4) is 33.8 Å². The lowest BCUT2D eigenvalue weighted by molar-refractivity contribution is 0.201. The third-order valence-corrected chi connectivity index (χ3v) is 9.52. The first kappa shape index (κ1) is 29.9. The second-order valence-electron chi connectivity index (χ2n) is 11.2. The molecule has 0 atom stereocenters. The summed E-state index contributed by atoms with van der Waals surface area (Å²) >= 11 is 1.76. The van der Waals surface area contributed by atoms with E-state index in [1.54, 1.807) is 11.8 Å². The van der Waals surface area contributed by atoms with Crippen LogP contribution in [0.15, 0.2) is 155 Å². The van der Waals surface area contributed by atoms with Crippen molar-refractivity contribution < 1.29 is 19.7 Å². The third-order valence-electron chi connectivity index (χ3n) is 8.51. The third kappa shape index (κ3) is 5.58. The molecule has 228 valence electrons. The van der Waals surface area contributed by atoms with Gasteiger partial charge in [-0.3, -0.25) is 0 Å². The number of rotatable bonds is 11. The van der Waals surface area contributed by atoms with Gasteiger partial charge in [0.25, 0.3) is 0 Å². The fraction of sp³-hybridized carbons (Fsp3) is 0.122. The van der Waals surface area contributed by atoms with Gasteiger partial charge in [-0.15, -0.1) is 0 Å². The molecule has 6 aromatic carbocycles. The van der Waals surface area contributed by atoms with E-state index in [9.17, 15) is 10.2 Å². The molecule has 4 nitrogen and oxygen atoms in total. The lowest BCUT2D eigenvalue weighted by atomic mass is 9.67. The minimum atomic E-state index is -0.601. The molecule has 0 heterocycles. The molecule has 0 aliphatic heterocycles. The van der Waals surface area contributed by atoms with Crippen molar-refractivity contribution >= 4 is 11.8 Å². The highest BCUT2D eigenvalue weighted by Gasteiger charge is 2.46. The van der Waals surface area contributed by atoms with E-state index in [0.29, 0.717) is 0 Å². The van der Waals surface area contributed by atoms with Gasteiger partial charge in [-0.25, -0.2) is 0 Å². The van der Waals surface area contributed by atoms with Gasteiger partial charge in [0.05, 0.1) is 18.6 Å². The molecule has 1 aliphatic rings. The van der Waals surface area contributed by atoms with Crippen molar-refractivity contribution in [2.75, 3.05) is 26.4 Å². The lowest BCUT2D eigenvalue weighted by Gasteiger charge is -2.34. The molecule has 7 rings (SSSR count). The van der Waals surface area contributed by atoms with Crippen molar-refractivity contribution in [3.05, 3.63) is 168 Å². The number of aliphatic hydroxyl groups is 2. The normalized spacial score (nSPS) is 12.7. The highest BCUT2D eigenvalue weighted by Crippen LogP contribution is 2.57. The van der Waals surface area contributed by atoms with Crippen LogP contribution < -0.4 is 9.47 Å². The van der Waals surface area contributed by atoms with Crippen molar-refractivity contribution in [2.24, 2.45) is 0 Å². The summed E-state index contributed by atoms with van der Waals surface area (Å²) in [6.07, 6.45) is 0. The summed E-state index contributed by atoms with van der Waals surface area (Å²) in [5.74, 6) is 1.43. The van der Waals surface area contributed by atoms with E-state index in [0.717, 1.165) is 33.8 Å². The standard InChI is InChI=1S/C41H34O4S/c42-24-26-44-33-17-13-31(14-18-33)41(32-15-19-34(20-16-32)45-27-25-43)39-9-5-4-8-37(39)38-23-12-30(28-40(38)41)29-10-21-36(22-11-29)46-35-6-2-1-3-7-35/h1-23,28,42-43H,24-27H2. The predicted octanol–water partition coefficient (Wildman–Crippen LogP) is 8.61. The van der Waals surface area contributed by atoms with Crippen LogP contribution in [-0.4, -0.2) is 36.6 Å². The highest BCUT2D eigenvalue weighted by atomic mass is 32.2. The van der Waals surface area contributed by atoms with Gasteiger partial charge >= 0.3 is 0 Å². The SMILES string of the molecule is OCCOc1ccc(C2(c3ccc(OCCO)cc3)c3ccccc3-c3ccc(-c4ccc(Sc5ccccc5)cc4)cc32)cc1. The summed E-state index contributed by atoms with van der Waals surface area (Å²) in [6.45, 7) is 0.423. The second kappa shape index (κ2) is 13.3. The van der Waals surface area contributed by atoms with E-state index < -0.39 is 5.41 Å². The van der Waals surface area contributed by atoms with Crippen LogP contribution in [0, 0.1) is 0 Å². The molecule has 0 aromatic heterocycles. The molecule has 0 spiro atoms. The van der Waals surface area contributed by atoms with Crippen molar-refractivity contribution in [1.82, 2.24) is 0 Å². The van der Waals surface area contributed by atoms with Crippen LogP contribution in [-0.2, 0) is 5.41 Å². The second-order valence-corrected chi connectivity index (χ2v) is 12.3. The Morgan fingerprint density at radius 3 is 1.61 bits per heavy atom. The molecule has 0 radical (unpaired) electrons. The Balaban J connectivity index is 1.37. The zero-order valence-corrected chi connectivity index (χ0v) is 26.1. The average molecular weight is 623 g/mol. The number of hydrogen-bond donors (Lipinski definition) is 2. The maximum absolute atomic E-state index is 9.29. The largest absolute Gasteiger partial charge is 0.491 e. The molecular formula is C41H34O4S. The van der Waals surface area contributed by atoms with E-state index in [-0.39, 0.29) is 26.4 Å². The summed E-state index contributed by atoms with van der Waals surface area (Å²) in [5.41, 5.74) is 8.78. The summed E-state index contributed by atoms with van der Waals surface area (Å²) in [4.78, 5) is 2.42. The van der Waals surface area contributed by atoms with Crippen molar-refractivity contribution in [3.63, 3.8) is 0 Å². The van der Waals surface area contributed by atoms with E-state index >= 15 is 0 Å². The first-order chi connectivity index (χ1) is 22.7. The molecule has 1 aliphatic carbocycles. The predicted molar refractivity (Wildman–Crippen MR) is 185 cm³/mol. The summed E-state index contributed by atoms with van der Waals surface area (Å²) < 4.78 is 11.5. The molecule has 46 heavy (non-hydrogen) atoms. The van der Waals surface area contributed by atoms with Crippen LogP contribution in [0.4, 0.5) is 0 Å². The van der Waals surface area contributed by atoms with Crippen LogP contribution in [0.1, 0.15) is 22.3 Å². The molecule has 2 N–H and O–H groups in total. The van der Waals surface area contributed by atoms with Crippen LogP contribution >= 0.6 is 11.8 Å². The summed E-state index contributed by atoms with van der Waals surface area (Å²) in [6, 6.07) is 51.2. The molecule has 0 fully saturated rings. The number of benzene rings is 6. The minimum absolute atomic E-state index is 0.0359. The molecule has 0 bridgehead atoms. The Morgan fingerprint density at radius 2 is 1.00 bits per heavy atom. The molecule has 6 aromatic rings. The van der Waals surface area contributed by atoms with Gasteiger partial charge in [-0.1, -0.05) is 103 Å². The molecule has 0 saturated heterocycles. The van der Waals surface area contributed by atoms with Gasteiger partial charge in [0.2, 0.25) is 0 Å². The molecule has 0 unspecified atom stereocenters. The van der Waals surface area contributed by atoms with Gasteiger partial charge in [-0.05, 0) is 99.1 Å². The Bertz CT molecular complexity index is 1870. The van der Waals surface area contributed by atoms with Gasteiger partial charge < -0.3 is 19.7 Å². The van der Waals surface area contributed by atoms with Crippen LogP contribution in [0.3, 0.4) is 0 Å². The Kier molecular flexibility index (Phi) is 8.62. The minimum Gasteiger partial charge on any atom is -0.491 e. The topological polar surface area (TPSA) is 58.9 Å². The van der Waals surface area contributed by atoms with Crippen LogP contribution in [0.25, 0.3) is 22.3 Å². The Morgan fingerprint density at radius 1 is 0.478 bits per heavy atom. The fourth-order valence-corrected chi connectivity index (χ4v) is 7.35. The van der Waals surface area contributed by atoms with E-state index in [1.807, 2.05) is 30.3 Å². The van der Waals surface area contributed by atoms with E-state index in [4.69, 9.17) is 9.47 Å². The number of hydrogen-bond acceptors (Lipinski definition) is 5.